The molecular weight excluding hydrogens is 193 g/mol. The average Bonchev–Trinajstić information content (AvgIpc) is 2.15. The van der Waals surface area contributed by atoms with Crippen molar-refractivity contribution >= 4 is 12.0 Å². The number of hydrogen-bond acceptors (Lipinski definition) is 1. The summed E-state index contributed by atoms with van der Waals surface area (Å²) in [5, 5.41) is 0. The zero-order chi connectivity index (χ0) is 10.9. The van der Waals surface area contributed by atoms with Gasteiger partial charge in [0, 0.05) is 6.42 Å². The summed E-state index contributed by atoms with van der Waals surface area (Å²) >= 11 is 0. The molecule has 78 valence electrons. The Morgan fingerprint density at radius 3 is 2.93 bits per heavy atom. The van der Waals surface area contributed by atoms with Crippen LogP contribution >= 0.6 is 0 Å². The van der Waals surface area contributed by atoms with Crippen molar-refractivity contribution in [3.63, 3.8) is 0 Å². The zero-order valence-corrected chi connectivity index (χ0v) is 8.24. The lowest BCUT2D eigenvalue weighted by Crippen LogP contribution is -2.32. The Labute approximate surface area is 87.6 Å². The van der Waals surface area contributed by atoms with Gasteiger partial charge in [0.1, 0.15) is 5.67 Å². The topological polar surface area (TPSA) is 43.1 Å². The zero-order valence-electron chi connectivity index (χ0n) is 8.24. The van der Waals surface area contributed by atoms with Crippen LogP contribution in [-0.4, -0.2) is 11.6 Å². The molecule has 0 radical (unpaired) electrons. The summed E-state index contributed by atoms with van der Waals surface area (Å²) in [5.41, 5.74) is 5.33. The van der Waals surface area contributed by atoms with Crippen molar-refractivity contribution in [2.24, 2.45) is 5.73 Å². The molecule has 0 aliphatic heterocycles. The van der Waals surface area contributed by atoms with E-state index in [0.29, 0.717) is 0 Å². The predicted molar refractivity (Wildman–Crippen MR) is 56.8 cm³/mol. The summed E-state index contributed by atoms with van der Waals surface area (Å²) in [6, 6.07) is 7.56. The minimum absolute atomic E-state index is 0.225. The van der Waals surface area contributed by atoms with Crippen LogP contribution < -0.4 is 5.73 Å². The normalized spacial score (nSPS) is 23.5. The van der Waals surface area contributed by atoms with Crippen molar-refractivity contribution in [3.8, 4) is 0 Å². The fourth-order valence-electron chi connectivity index (χ4n) is 1.88. The van der Waals surface area contributed by atoms with E-state index in [1.807, 2.05) is 24.3 Å². The summed E-state index contributed by atoms with van der Waals surface area (Å²) in [4.78, 5) is 10.7. The van der Waals surface area contributed by atoms with Gasteiger partial charge in [-0.2, -0.15) is 0 Å². The highest BCUT2D eigenvalue weighted by molar-refractivity contribution is 5.76. The van der Waals surface area contributed by atoms with Crippen LogP contribution in [0.5, 0.6) is 0 Å². The second-order valence-electron chi connectivity index (χ2n) is 3.89. The molecule has 0 fully saturated rings. The molecule has 1 atom stereocenters. The van der Waals surface area contributed by atoms with Crippen LogP contribution in [0.1, 0.15) is 17.5 Å². The molecule has 0 saturated carbocycles. The quantitative estimate of drug-likeness (QED) is 0.786. The summed E-state index contributed by atoms with van der Waals surface area (Å²) < 4.78 is 14.1. The van der Waals surface area contributed by atoms with Gasteiger partial charge in [0.2, 0.25) is 5.91 Å². The van der Waals surface area contributed by atoms with Crippen molar-refractivity contribution in [3.05, 3.63) is 41.5 Å². The Morgan fingerprint density at radius 1 is 1.47 bits per heavy atom. The van der Waals surface area contributed by atoms with E-state index in [1.165, 1.54) is 6.08 Å². The average molecular weight is 205 g/mol. The first kappa shape index (κ1) is 9.90. The lowest BCUT2D eigenvalue weighted by atomic mass is 9.85. The SMILES string of the molecule is NC(=O)CC1(F)C=Cc2ccccc2C1. The third kappa shape index (κ3) is 2.06. The second-order valence-corrected chi connectivity index (χ2v) is 3.89. The number of rotatable bonds is 2. The van der Waals surface area contributed by atoms with Crippen molar-refractivity contribution in [1.29, 1.82) is 0 Å². The van der Waals surface area contributed by atoms with Gasteiger partial charge < -0.3 is 5.73 Å². The molecule has 2 nitrogen and oxygen atoms in total. The molecule has 1 aromatic rings. The number of hydrogen-bond donors (Lipinski definition) is 1. The number of alkyl halides is 1. The van der Waals surface area contributed by atoms with Crippen LogP contribution in [0.2, 0.25) is 0 Å². The van der Waals surface area contributed by atoms with Crippen molar-refractivity contribution in [2.75, 3.05) is 0 Å². The highest BCUT2D eigenvalue weighted by Crippen LogP contribution is 2.31. The van der Waals surface area contributed by atoms with E-state index in [9.17, 15) is 9.18 Å². The molecule has 0 heterocycles. The standard InChI is InChI=1S/C12H12FNO/c13-12(8-11(14)15)6-5-9-3-1-2-4-10(9)7-12/h1-6H,7-8H2,(H2,14,15). The van der Waals surface area contributed by atoms with E-state index in [-0.39, 0.29) is 12.8 Å². The van der Waals surface area contributed by atoms with Crippen LogP contribution in [0.4, 0.5) is 4.39 Å². The number of carbonyl (C=O) groups excluding carboxylic acids is 1. The molecule has 3 heteroatoms. The second kappa shape index (κ2) is 3.50. The molecule has 1 aliphatic rings. The summed E-state index contributed by atoms with van der Waals surface area (Å²) in [5.74, 6) is -0.610. The van der Waals surface area contributed by atoms with Crippen LogP contribution in [0.15, 0.2) is 30.3 Å². The number of halogens is 1. The third-order valence-electron chi connectivity index (χ3n) is 2.57. The van der Waals surface area contributed by atoms with Gasteiger partial charge in [-0.1, -0.05) is 30.3 Å². The van der Waals surface area contributed by atoms with Gasteiger partial charge in [-0.15, -0.1) is 0 Å². The number of primary amides is 1. The van der Waals surface area contributed by atoms with Crippen LogP contribution in [0.3, 0.4) is 0 Å². The Hall–Kier alpha value is -1.64. The number of nitrogens with two attached hydrogens (primary N) is 1. The summed E-state index contributed by atoms with van der Waals surface area (Å²) in [6.45, 7) is 0. The molecule has 2 rings (SSSR count). The van der Waals surface area contributed by atoms with E-state index in [1.54, 1.807) is 6.08 Å². The summed E-state index contributed by atoms with van der Waals surface area (Å²) in [6.07, 6.45) is 3.11. The molecule has 1 amide bonds. The van der Waals surface area contributed by atoms with Crippen LogP contribution in [-0.2, 0) is 11.2 Å². The highest BCUT2D eigenvalue weighted by atomic mass is 19.1. The molecule has 2 N–H and O–H groups in total. The largest absolute Gasteiger partial charge is 0.370 e. The molecule has 1 aromatic carbocycles. The van der Waals surface area contributed by atoms with E-state index >= 15 is 0 Å². The lowest BCUT2D eigenvalue weighted by molar-refractivity contribution is -0.120. The maximum absolute atomic E-state index is 14.1. The van der Waals surface area contributed by atoms with Gasteiger partial charge in [-0.3, -0.25) is 4.79 Å². The lowest BCUT2D eigenvalue weighted by Gasteiger charge is -2.25. The molecule has 0 spiro atoms. The number of amides is 1. The van der Waals surface area contributed by atoms with Gasteiger partial charge in [0.15, 0.2) is 0 Å². The first-order chi connectivity index (χ1) is 7.09. The minimum Gasteiger partial charge on any atom is -0.370 e. The Bertz CT molecular complexity index is 427. The maximum atomic E-state index is 14.1. The maximum Gasteiger partial charge on any atom is 0.220 e. The van der Waals surface area contributed by atoms with E-state index < -0.39 is 11.6 Å². The number of fused-ring (bicyclic) bond motifs is 1. The smallest absolute Gasteiger partial charge is 0.220 e. The minimum atomic E-state index is -1.61. The summed E-state index contributed by atoms with van der Waals surface area (Å²) in [7, 11) is 0. The fraction of sp³-hybridized carbons (Fsp3) is 0.250. The Morgan fingerprint density at radius 2 is 2.20 bits per heavy atom. The predicted octanol–water partition coefficient (Wildman–Crippen LogP) is 1.84. The number of carbonyl (C=O) groups is 1. The van der Waals surface area contributed by atoms with E-state index in [4.69, 9.17) is 5.73 Å². The monoisotopic (exact) mass is 205 g/mol. The molecule has 1 aliphatic carbocycles. The molecule has 0 saturated heterocycles. The van der Waals surface area contributed by atoms with Gasteiger partial charge in [0.25, 0.3) is 0 Å². The van der Waals surface area contributed by atoms with Gasteiger partial charge in [-0.25, -0.2) is 4.39 Å². The van der Waals surface area contributed by atoms with Crippen molar-refractivity contribution in [2.45, 2.75) is 18.5 Å². The third-order valence-corrected chi connectivity index (χ3v) is 2.57. The fourth-order valence-corrected chi connectivity index (χ4v) is 1.88. The van der Waals surface area contributed by atoms with Crippen molar-refractivity contribution in [1.82, 2.24) is 0 Å². The van der Waals surface area contributed by atoms with Crippen molar-refractivity contribution < 1.29 is 9.18 Å². The number of allylic oxidation sites excluding steroid dienone is 1. The first-order valence-electron chi connectivity index (χ1n) is 4.83. The first-order valence-corrected chi connectivity index (χ1v) is 4.83. The van der Waals surface area contributed by atoms with Crippen LogP contribution in [0.25, 0.3) is 6.08 Å². The molecule has 0 bridgehead atoms. The van der Waals surface area contributed by atoms with Gasteiger partial charge >= 0.3 is 0 Å². The van der Waals surface area contributed by atoms with Crippen LogP contribution in [0, 0.1) is 0 Å². The molecule has 15 heavy (non-hydrogen) atoms. The molecule has 1 unspecified atom stereocenters. The van der Waals surface area contributed by atoms with Gasteiger partial charge in [-0.05, 0) is 17.2 Å². The van der Waals surface area contributed by atoms with E-state index in [0.717, 1.165) is 11.1 Å². The Balaban J connectivity index is 2.28. The highest BCUT2D eigenvalue weighted by Gasteiger charge is 2.32. The van der Waals surface area contributed by atoms with Gasteiger partial charge in [0.05, 0.1) is 6.42 Å². The molecule has 0 aromatic heterocycles. The Kier molecular flexibility index (Phi) is 2.31. The molecular formula is C12H12FNO. The van der Waals surface area contributed by atoms with E-state index in [2.05, 4.69) is 0 Å². The number of benzene rings is 1.